The van der Waals surface area contributed by atoms with E-state index in [-0.39, 0.29) is 5.91 Å². The Morgan fingerprint density at radius 1 is 1.08 bits per heavy atom. The number of carbonyl (C=O) groups is 1. The van der Waals surface area contributed by atoms with Gasteiger partial charge in [-0.25, -0.2) is 0 Å². The van der Waals surface area contributed by atoms with E-state index in [1.165, 1.54) is 0 Å². The molecule has 0 spiro atoms. The number of nitrogens with zero attached hydrogens (tertiary/aromatic N) is 2. The minimum atomic E-state index is -0.552. The summed E-state index contributed by atoms with van der Waals surface area (Å²) >= 11 is 0. The number of hydrogen-bond donors (Lipinski definition) is 1. The van der Waals surface area contributed by atoms with Crippen LogP contribution in [0.15, 0.2) is 59.6 Å². The molecule has 2 aromatic carbocycles. The molecule has 24 heavy (non-hydrogen) atoms. The van der Waals surface area contributed by atoms with Crippen LogP contribution < -0.4 is 10.2 Å². The van der Waals surface area contributed by atoms with E-state index in [9.17, 15) is 4.79 Å². The van der Waals surface area contributed by atoms with Gasteiger partial charge in [0.15, 0.2) is 6.17 Å². The highest BCUT2D eigenvalue weighted by molar-refractivity contribution is 6.19. The van der Waals surface area contributed by atoms with Crippen molar-refractivity contribution in [1.29, 1.82) is 0 Å². The Bertz CT molecular complexity index is 740. The molecule has 0 bridgehead atoms. The summed E-state index contributed by atoms with van der Waals surface area (Å²) in [6.07, 6.45) is 1.56. The van der Waals surface area contributed by atoms with Crippen molar-refractivity contribution >= 4 is 17.3 Å². The zero-order valence-electron chi connectivity index (χ0n) is 14.2. The number of amides is 1. The Labute approximate surface area is 143 Å². The smallest absolute Gasteiger partial charge is 0.266 e. The summed E-state index contributed by atoms with van der Waals surface area (Å²) in [6.45, 7) is 2.92. The molecule has 0 aliphatic carbocycles. The van der Waals surface area contributed by atoms with Crippen LogP contribution in [0.25, 0.3) is 0 Å². The van der Waals surface area contributed by atoms with Gasteiger partial charge in [0.05, 0.1) is 11.4 Å². The third-order valence-electron chi connectivity index (χ3n) is 4.26. The van der Waals surface area contributed by atoms with Gasteiger partial charge in [-0.1, -0.05) is 61.9 Å². The number of unbranched alkanes of at least 4 members (excludes halogenated alkanes) is 1. The molecule has 0 saturated carbocycles. The Morgan fingerprint density at radius 3 is 2.54 bits per heavy atom. The Kier molecular flexibility index (Phi) is 5.06. The predicted molar refractivity (Wildman–Crippen MR) is 98.6 cm³/mol. The molecular weight excluding hydrogens is 298 g/mol. The number of likely N-dealkylation sites (N-methyl/N-ethyl adjacent to an activating group) is 1. The highest BCUT2D eigenvalue weighted by Crippen LogP contribution is 2.26. The second-order valence-electron chi connectivity index (χ2n) is 5.97. The minimum Gasteiger partial charge on any atom is -0.312 e. The first-order valence-electron chi connectivity index (χ1n) is 8.46. The first-order valence-corrected chi connectivity index (χ1v) is 8.46. The van der Waals surface area contributed by atoms with Gasteiger partial charge in [0.25, 0.3) is 5.91 Å². The molecule has 4 heteroatoms. The normalized spacial score (nSPS) is 17.2. The van der Waals surface area contributed by atoms with Gasteiger partial charge in [0.1, 0.15) is 0 Å². The number of aliphatic imine (C=N–C) groups is 1. The van der Waals surface area contributed by atoms with Crippen LogP contribution in [-0.4, -0.2) is 31.4 Å². The van der Waals surface area contributed by atoms with Crippen LogP contribution in [0.2, 0.25) is 0 Å². The maximum Gasteiger partial charge on any atom is 0.266 e. The summed E-state index contributed by atoms with van der Waals surface area (Å²) < 4.78 is 0. The van der Waals surface area contributed by atoms with Crippen molar-refractivity contribution in [2.24, 2.45) is 4.99 Å². The maximum absolute atomic E-state index is 12.8. The largest absolute Gasteiger partial charge is 0.312 e. The molecule has 1 N–H and O–H groups in total. The van der Waals surface area contributed by atoms with Crippen molar-refractivity contribution in [2.45, 2.75) is 25.9 Å². The van der Waals surface area contributed by atoms with E-state index in [0.29, 0.717) is 0 Å². The highest BCUT2D eigenvalue weighted by Gasteiger charge is 2.29. The molecule has 124 valence electrons. The van der Waals surface area contributed by atoms with Crippen LogP contribution >= 0.6 is 0 Å². The SMILES string of the molecule is CCCCNC1N=C(c2ccccc2)c2ccccc2N(C)C1=O. The number of rotatable bonds is 5. The lowest BCUT2D eigenvalue weighted by Crippen LogP contribution is -2.43. The summed E-state index contributed by atoms with van der Waals surface area (Å²) in [5.41, 5.74) is 3.76. The summed E-state index contributed by atoms with van der Waals surface area (Å²) in [6, 6.07) is 18.0. The van der Waals surface area contributed by atoms with Gasteiger partial charge in [0, 0.05) is 18.2 Å². The molecule has 3 rings (SSSR count). The summed E-state index contributed by atoms with van der Waals surface area (Å²) in [5, 5.41) is 3.30. The quantitative estimate of drug-likeness (QED) is 0.860. The Balaban J connectivity index is 2.08. The molecule has 1 aliphatic heterocycles. The van der Waals surface area contributed by atoms with Gasteiger partial charge in [-0.3, -0.25) is 15.1 Å². The van der Waals surface area contributed by atoms with E-state index >= 15 is 0 Å². The fraction of sp³-hybridized carbons (Fsp3) is 0.300. The van der Waals surface area contributed by atoms with Crippen LogP contribution in [0.3, 0.4) is 0 Å². The number of para-hydroxylation sites is 1. The van der Waals surface area contributed by atoms with Crippen molar-refractivity contribution in [1.82, 2.24) is 5.32 Å². The summed E-state index contributed by atoms with van der Waals surface area (Å²) in [5.74, 6) is -0.0236. The third-order valence-corrected chi connectivity index (χ3v) is 4.26. The van der Waals surface area contributed by atoms with Crippen LogP contribution in [-0.2, 0) is 4.79 Å². The third kappa shape index (κ3) is 3.24. The van der Waals surface area contributed by atoms with E-state index in [2.05, 4.69) is 12.2 Å². The average molecular weight is 321 g/mol. The van der Waals surface area contributed by atoms with Gasteiger partial charge in [-0.05, 0) is 19.0 Å². The first-order chi connectivity index (χ1) is 11.7. The summed E-state index contributed by atoms with van der Waals surface area (Å²) in [7, 11) is 1.82. The molecule has 0 aromatic heterocycles. The van der Waals surface area contributed by atoms with Crippen molar-refractivity contribution in [3.05, 3.63) is 65.7 Å². The second kappa shape index (κ2) is 7.41. The number of benzodiazepines with no additional fused rings is 1. The van der Waals surface area contributed by atoms with E-state index in [1.54, 1.807) is 4.90 Å². The molecule has 2 aromatic rings. The maximum atomic E-state index is 12.8. The van der Waals surface area contributed by atoms with Crippen molar-refractivity contribution in [3.63, 3.8) is 0 Å². The standard InChI is InChI=1S/C20H23N3O/c1-3-4-14-21-19-20(24)23(2)17-13-9-8-12-16(17)18(22-19)15-10-6-5-7-11-15/h5-13,19,21H,3-4,14H2,1-2H3. The second-order valence-corrected chi connectivity index (χ2v) is 5.97. The van der Waals surface area contributed by atoms with Crippen molar-refractivity contribution < 1.29 is 4.79 Å². The van der Waals surface area contributed by atoms with E-state index in [1.807, 2.05) is 61.6 Å². The fourth-order valence-corrected chi connectivity index (χ4v) is 2.90. The van der Waals surface area contributed by atoms with Gasteiger partial charge < -0.3 is 4.90 Å². The molecule has 0 radical (unpaired) electrons. The lowest BCUT2D eigenvalue weighted by atomic mass is 10.0. The molecule has 1 heterocycles. The zero-order valence-corrected chi connectivity index (χ0v) is 14.2. The molecule has 0 fully saturated rings. The lowest BCUT2D eigenvalue weighted by Gasteiger charge is -2.20. The number of nitrogens with one attached hydrogen (secondary N) is 1. The van der Waals surface area contributed by atoms with E-state index in [4.69, 9.17) is 4.99 Å². The average Bonchev–Trinajstić information content (AvgIpc) is 2.73. The molecular formula is C20H23N3O. The van der Waals surface area contributed by atoms with Gasteiger partial charge in [-0.2, -0.15) is 0 Å². The molecule has 0 saturated heterocycles. The number of anilines is 1. The highest BCUT2D eigenvalue weighted by atomic mass is 16.2. The molecule has 4 nitrogen and oxygen atoms in total. The van der Waals surface area contributed by atoms with Gasteiger partial charge in [0.2, 0.25) is 0 Å². The van der Waals surface area contributed by atoms with E-state index < -0.39 is 6.17 Å². The Morgan fingerprint density at radius 2 is 1.79 bits per heavy atom. The number of hydrogen-bond acceptors (Lipinski definition) is 3. The van der Waals surface area contributed by atoms with Crippen molar-refractivity contribution in [2.75, 3.05) is 18.5 Å². The van der Waals surface area contributed by atoms with Crippen LogP contribution in [0.1, 0.15) is 30.9 Å². The molecule has 1 aliphatic rings. The molecule has 1 atom stereocenters. The minimum absolute atomic E-state index is 0.0236. The van der Waals surface area contributed by atoms with Crippen LogP contribution in [0.5, 0.6) is 0 Å². The summed E-state index contributed by atoms with van der Waals surface area (Å²) in [4.78, 5) is 19.3. The van der Waals surface area contributed by atoms with Gasteiger partial charge in [-0.15, -0.1) is 0 Å². The molecule has 1 unspecified atom stereocenters. The Hall–Kier alpha value is -2.46. The lowest BCUT2D eigenvalue weighted by molar-refractivity contribution is -0.120. The predicted octanol–water partition coefficient (Wildman–Crippen LogP) is 3.22. The topological polar surface area (TPSA) is 44.7 Å². The number of carbonyl (C=O) groups excluding carboxylic acids is 1. The first kappa shape index (κ1) is 16.4. The molecule has 1 amide bonds. The zero-order chi connectivity index (χ0) is 16.9. The monoisotopic (exact) mass is 321 g/mol. The van der Waals surface area contributed by atoms with Gasteiger partial charge >= 0.3 is 0 Å². The van der Waals surface area contributed by atoms with Crippen LogP contribution in [0, 0.1) is 0 Å². The fourth-order valence-electron chi connectivity index (χ4n) is 2.90. The van der Waals surface area contributed by atoms with Crippen molar-refractivity contribution in [3.8, 4) is 0 Å². The number of benzene rings is 2. The van der Waals surface area contributed by atoms with E-state index in [0.717, 1.165) is 41.9 Å². The van der Waals surface area contributed by atoms with Crippen LogP contribution in [0.4, 0.5) is 5.69 Å². The number of fused-ring (bicyclic) bond motifs is 1.